The van der Waals surface area contributed by atoms with Gasteiger partial charge in [-0.15, -0.1) is 0 Å². The molecule has 0 amide bonds. The van der Waals surface area contributed by atoms with Crippen LogP contribution in [-0.2, 0) is 35.2 Å². The van der Waals surface area contributed by atoms with Gasteiger partial charge in [-0.25, -0.2) is 0 Å². The summed E-state index contributed by atoms with van der Waals surface area (Å²) in [6.07, 6.45) is 3.79. The number of aryl methyl sites for hydroxylation is 3. The van der Waals surface area contributed by atoms with E-state index in [9.17, 15) is 5.11 Å². The van der Waals surface area contributed by atoms with Crippen LogP contribution in [0.2, 0.25) is 0 Å². The van der Waals surface area contributed by atoms with Gasteiger partial charge in [-0.1, -0.05) is 72.8 Å². The van der Waals surface area contributed by atoms with Gasteiger partial charge in [0.05, 0.1) is 39.6 Å². The lowest BCUT2D eigenvalue weighted by molar-refractivity contribution is 0.0222. The molecule has 0 bridgehead atoms. The van der Waals surface area contributed by atoms with Crippen LogP contribution >= 0.6 is 0 Å². The number of hydrogen-bond donors (Lipinski definition) is 3. The van der Waals surface area contributed by atoms with Crippen LogP contribution in [0.25, 0.3) is 0 Å². The topological polar surface area (TPSA) is 79.2 Å². The zero-order valence-corrected chi connectivity index (χ0v) is 19.2. The van der Waals surface area contributed by atoms with Gasteiger partial charge in [0.2, 0.25) is 0 Å². The molecule has 0 aromatic heterocycles. The minimum Gasteiger partial charge on any atom is -0.508 e. The van der Waals surface area contributed by atoms with E-state index in [0.717, 1.165) is 31.2 Å². The van der Waals surface area contributed by atoms with Gasteiger partial charge in [0.15, 0.2) is 0 Å². The summed E-state index contributed by atoms with van der Waals surface area (Å²) >= 11 is 0. The van der Waals surface area contributed by atoms with Crippen LogP contribution in [0.5, 0.6) is 5.75 Å². The highest BCUT2D eigenvalue weighted by Crippen LogP contribution is 2.24. The molecule has 3 rings (SSSR count). The Balaban J connectivity index is 0.000000328. The lowest BCUT2D eigenvalue weighted by atomic mass is 9.95. The second-order valence-corrected chi connectivity index (χ2v) is 7.56. The SMILES string of the molecule is OCCOCCOCCO.Oc1cccc(CCc2ccccc2)c1CCc1ccccc1. The Bertz CT molecular complexity index is 860. The van der Waals surface area contributed by atoms with Crippen LogP contribution in [0.3, 0.4) is 0 Å². The summed E-state index contributed by atoms with van der Waals surface area (Å²) in [6.45, 7) is 1.73. The molecule has 0 saturated carbocycles. The highest BCUT2D eigenvalue weighted by molar-refractivity contribution is 5.40. The maximum absolute atomic E-state index is 10.3. The highest BCUT2D eigenvalue weighted by Gasteiger charge is 2.08. The summed E-state index contributed by atoms with van der Waals surface area (Å²) < 4.78 is 9.75. The Morgan fingerprint density at radius 1 is 0.515 bits per heavy atom. The fourth-order valence-electron chi connectivity index (χ4n) is 3.43. The first-order chi connectivity index (χ1) is 16.2. The fourth-order valence-corrected chi connectivity index (χ4v) is 3.43. The van der Waals surface area contributed by atoms with Crippen molar-refractivity contribution in [3.63, 3.8) is 0 Å². The lowest BCUT2D eigenvalue weighted by Crippen LogP contribution is -2.09. The van der Waals surface area contributed by atoms with E-state index in [0.29, 0.717) is 32.2 Å². The smallest absolute Gasteiger partial charge is 0.119 e. The third-order valence-corrected chi connectivity index (χ3v) is 5.12. The quantitative estimate of drug-likeness (QED) is 0.342. The summed E-state index contributed by atoms with van der Waals surface area (Å²) in [5.74, 6) is 0.423. The number of aromatic hydroxyl groups is 1. The Labute approximate surface area is 197 Å². The number of hydrogen-bond acceptors (Lipinski definition) is 5. The molecule has 0 heterocycles. The third kappa shape index (κ3) is 11.1. The van der Waals surface area contributed by atoms with E-state index in [2.05, 4.69) is 54.6 Å². The molecule has 0 aliphatic carbocycles. The fraction of sp³-hybridized carbons (Fsp3) is 0.357. The molecule has 0 spiro atoms. The van der Waals surface area contributed by atoms with E-state index in [1.807, 2.05) is 18.2 Å². The van der Waals surface area contributed by atoms with Crippen molar-refractivity contribution in [3.8, 4) is 5.75 Å². The number of phenols is 1. The number of benzene rings is 3. The van der Waals surface area contributed by atoms with E-state index < -0.39 is 0 Å². The van der Waals surface area contributed by atoms with Gasteiger partial charge in [0.1, 0.15) is 5.75 Å². The first kappa shape index (κ1) is 26.6. The average molecular weight is 453 g/mol. The largest absolute Gasteiger partial charge is 0.508 e. The monoisotopic (exact) mass is 452 g/mol. The van der Waals surface area contributed by atoms with Gasteiger partial charge in [-0.05, 0) is 54.0 Å². The summed E-state index contributed by atoms with van der Waals surface area (Å²) in [7, 11) is 0. The summed E-state index contributed by atoms with van der Waals surface area (Å²) in [6, 6.07) is 26.9. The van der Waals surface area contributed by atoms with Crippen LogP contribution in [-0.4, -0.2) is 55.0 Å². The van der Waals surface area contributed by atoms with Gasteiger partial charge >= 0.3 is 0 Å². The number of aliphatic hydroxyl groups is 2. The van der Waals surface area contributed by atoms with Gasteiger partial charge in [0, 0.05) is 0 Å². The van der Waals surface area contributed by atoms with E-state index >= 15 is 0 Å². The van der Waals surface area contributed by atoms with E-state index in [-0.39, 0.29) is 13.2 Å². The van der Waals surface area contributed by atoms with Crippen molar-refractivity contribution in [1.82, 2.24) is 0 Å². The van der Waals surface area contributed by atoms with Crippen LogP contribution in [0, 0.1) is 0 Å². The molecular formula is C28H36O5. The Morgan fingerprint density at radius 2 is 1.03 bits per heavy atom. The third-order valence-electron chi connectivity index (χ3n) is 5.12. The Morgan fingerprint density at radius 3 is 1.55 bits per heavy atom. The van der Waals surface area contributed by atoms with Crippen LogP contribution in [0.4, 0.5) is 0 Å². The molecule has 3 N–H and O–H groups in total. The van der Waals surface area contributed by atoms with Gasteiger partial charge in [0.25, 0.3) is 0 Å². The van der Waals surface area contributed by atoms with Gasteiger partial charge in [-0.2, -0.15) is 0 Å². The molecule has 0 atom stereocenters. The molecule has 0 radical (unpaired) electrons. The summed E-state index contributed by atoms with van der Waals surface area (Å²) in [5, 5.41) is 26.8. The van der Waals surface area contributed by atoms with Gasteiger partial charge in [-0.3, -0.25) is 0 Å². The minimum atomic E-state index is 0.0417. The minimum absolute atomic E-state index is 0.0417. The molecule has 5 heteroatoms. The predicted molar refractivity (Wildman–Crippen MR) is 132 cm³/mol. The summed E-state index contributed by atoms with van der Waals surface area (Å²) in [5.41, 5.74) is 4.99. The van der Waals surface area contributed by atoms with Crippen molar-refractivity contribution >= 4 is 0 Å². The lowest BCUT2D eigenvalue weighted by Gasteiger charge is -2.12. The Kier molecular flexibility index (Phi) is 13.6. The molecule has 0 unspecified atom stereocenters. The molecule has 178 valence electrons. The molecule has 33 heavy (non-hydrogen) atoms. The molecule has 5 nitrogen and oxygen atoms in total. The van der Waals surface area contributed by atoms with Crippen molar-refractivity contribution in [2.75, 3.05) is 39.6 Å². The van der Waals surface area contributed by atoms with Gasteiger partial charge < -0.3 is 24.8 Å². The van der Waals surface area contributed by atoms with Crippen molar-refractivity contribution in [3.05, 3.63) is 101 Å². The first-order valence-corrected chi connectivity index (χ1v) is 11.5. The summed E-state index contributed by atoms with van der Waals surface area (Å²) in [4.78, 5) is 0. The van der Waals surface area contributed by atoms with Crippen molar-refractivity contribution in [1.29, 1.82) is 0 Å². The Hall–Kier alpha value is -2.70. The number of aliphatic hydroxyl groups excluding tert-OH is 2. The highest BCUT2D eigenvalue weighted by atomic mass is 16.5. The van der Waals surface area contributed by atoms with E-state index in [4.69, 9.17) is 19.7 Å². The molecule has 0 fully saturated rings. The maximum Gasteiger partial charge on any atom is 0.119 e. The number of ether oxygens (including phenoxy) is 2. The molecular weight excluding hydrogens is 416 g/mol. The van der Waals surface area contributed by atoms with Crippen LogP contribution < -0.4 is 0 Å². The molecule has 0 aliphatic rings. The zero-order valence-electron chi connectivity index (χ0n) is 19.2. The molecule has 3 aromatic carbocycles. The van der Waals surface area contributed by atoms with Crippen LogP contribution in [0.1, 0.15) is 22.3 Å². The number of rotatable bonds is 13. The number of phenolic OH excluding ortho intramolecular Hbond substituents is 1. The van der Waals surface area contributed by atoms with E-state index in [1.165, 1.54) is 16.7 Å². The normalized spacial score (nSPS) is 10.5. The molecule has 0 aliphatic heterocycles. The second-order valence-electron chi connectivity index (χ2n) is 7.56. The standard InChI is InChI=1S/C22H22O.C6H14O4/c23-22-13-7-12-20(16-14-18-8-3-1-4-9-18)21(22)17-15-19-10-5-2-6-11-19;7-1-3-9-5-6-10-4-2-8/h1-13,23H,14-17H2;7-8H,1-6H2. The van der Waals surface area contributed by atoms with E-state index in [1.54, 1.807) is 6.07 Å². The molecule has 0 saturated heterocycles. The second kappa shape index (κ2) is 16.9. The molecule has 3 aromatic rings. The predicted octanol–water partition coefficient (Wildman–Crippen LogP) is 3.97. The van der Waals surface area contributed by atoms with Crippen molar-refractivity contribution < 1.29 is 24.8 Å². The maximum atomic E-state index is 10.3. The zero-order chi connectivity index (χ0) is 23.6. The average Bonchev–Trinajstić information content (AvgIpc) is 2.86. The van der Waals surface area contributed by atoms with Crippen molar-refractivity contribution in [2.24, 2.45) is 0 Å². The van der Waals surface area contributed by atoms with Crippen molar-refractivity contribution in [2.45, 2.75) is 25.7 Å². The van der Waals surface area contributed by atoms with Crippen LogP contribution in [0.15, 0.2) is 78.9 Å². The first-order valence-electron chi connectivity index (χ1n) is 11.5.